The maximum absolute atomic E-state index is 12.8. The van der Waals surface area contributed by atoms with Gasteiger partial charge in [0.25, 0.3) is 0 Å². The van der Waals surface area contributed by atoms with Crippen LogP contribution in [0.4, 0.5) is 0 Å². The summed E-state index contributed by atoms with van der Waals surface area (Å²) >= 11 is 0. The third-order valence-corrected chi connectivity index (χ3v) is 10.4. The third kappa shape index (κ3) is 7.11. The number of rotatable bonds is 9. The quantitative estimate of drug-likeness (QED) is 0.147. The Bertz CT molecular complexity index is 2320. The van der Waals surface area contributed by atoms with Gasteiger partial charge in [-0.2, -0.15) is 0 Å². The number of carbonyl (C=O) groups excluding carboxylic acids is 1. The Kier molecular flexibility index (Phi) is 9.97. The first-order valence-corrected chi connectivity index (χ1v) is 18.2. The van der Waals surface area contributed by atoms with Crippen molar-refractivity contribution in [2.24, 2.45) is 0 Å². The second-order valence-corrected chi connectivity index (χ2v) is 14.0. The van der Waals surface area contributed by atoms with Crippen molar-refractivity contribution >= 4 is 28.0 Å². The number of hydrogen-bond acceptors (Lipinski definition) is 10. The van der Waals surface area contributed by atoms with Crippen molar-refractivity contribution in [3.05, 3.63) is 113 Å². The zero-order chi connectivity index (χ0) is 37.3. The van der Waals surface area contributed by atoms with Gasteiger partial charge in [0.1, 0.15) is 30.1 Å². The van der Waals surface area contributed by atoms with E-state index in [4.69, 9.17) is 19.4 Å². The average Bonchev–Trinajstić information content (AvgIpc) is 3.53. The molecule has 278 valence electrons. The number of imidazole rings is 1. The summed E-state index contributed by atoms with van der Waals surface area (Å²) in [6.45, 7) is 3.30. The van der Waals surface area contributed by atoms with E-state index in [2.05, 4.69) is 39.5 Å². The van der Waals surface area contributed by atoms with Gasteiger partial charge in [-0.1, -0.05) is 66.7 Å². The zero-order valence-corrected chi connectivity index (χ0v) is 29.7. The third-order valence-electron chi connectivity index (χ3n) is 10.4. The van der Waals surface area contributed by atoms with Crippen molar-refractivity contribution in [1.29, 1.82) is 0 Å². The monoisotopic (exact) mass is 730 g/mol. The molecule has 0 saturated carbocycles. The van der Waals surface area contributed by atoms with Gasteiger partial charge < -0.3 is 35.1 Å². The van der Waals surface area contributed by atoms with Gasteiger partial charge in [0.15, 0.2) is 0 Å². The fraction of sp³-hybridized carbons (Fsp3) is 0.317. The summed E-state index contributed by atoms with van der Waals surface area (Å²) in [6.07, 6.45) is -3.38. The Morgan fingerprint density at radius 1 is 0.889 bits per heavy atom. The number of aliphatic hydroxyl groups excluding tert-OH is 3. The summed E-state index contributed by atoms with van der Waals surface area (Å²) in [7, 11) is 0. The number of aliphatic hydroxyl groups is 3. The van der Waals surface area contributed by atoms with E-state index in [-0.39, 0.29) is 11.7 Å². The molecule has 8 rings (SSSR count). The molecule has 2 aliphatic rings. The number of para-hydroxylation sites is 2. The van der Waals surface area contributed by atoms with Crippen LogP contribution in [0, 0.1) is 0 Å². The summed E-state index contributed by atoms with van der Waals surface area (Å²) < 4.78 is 13.8. The fourth-order valence-corrected chi connectivity index (χ4v) is 7.61. The first-order chi connectivity index (χ1) is 26.2. The SMILES string of the molecule is CC(=O)N[C@@H]1[C@@H](Oc2ccc3nc(-c4ccccc4)c(-c4ccc(CN5CCC(n6c(=O)[nH]c7ccccc76)CC5)cc4)nc3c2)O[C@H](CO)[C@@H](O)[C@@H]1O. The molecule has 0 unspecified atom stereocenters. The van der Waals surface area contributed by atoms with Crippen LogP contribution in [0.15, 0.2) is 102 Å². The lowest BCUT2D eigenvalue weighted by molar-refractivity contribution is -0.244. The van der Waals surface area contributed by atoms with Crippen LogP contribution in [-0.4, -0.2) is 96.0 Å². The van der Waals surface area contributed by atoms with Gasteiger partial charge in [-0.25, -0.2) is 14.8 Å². The second-order valence-electron chi connectivity index (χ2n) is 14.0. The molecule has 13 heteroatoms. The molecule has 0 bridgehead atoms. The topological polar surface area (TPSA) is 175 Å². The van der Waals surface area contributed by atoms with Crippen LogP contribution in [0.25, 0.3) is 44.6 Å². The van der Waals surface area contributed by atoms with E-state index in [0.717, 1.165) is 60.3 Å². The predicted molar refractivity (Wildman–Crippen MR) is 203 cm³/mol. The molecule has 1 amide bonds. The number of piperidine rings is 1. The van der Waals surface area contributed by atoms with Gasteiger partial charge in [0.2, 0.25) is 12.2 Å². The Morgan fingerprint density at radius 2 is 1.57 bits per heavy atom. The largest absolute Gasteiger partial charge is 0.462 e. The Labute approximate surface area is 310 Å². The van der Waals surface area contributed by atoms with Gasteiger partial charge in [-0.05, 0) is 42.7 Å². The number of H-pyrrole nitrogens is 1. The van der Waals surface area contributed by atoms with E-state index in [1.165, 1.54) is 12.5 Å². The number of likely N-dealkylation sites (tertiary alicyclic amines) is 1. The minimum Gasteiger partial charge on any atom is -0.462 e. The highest BCUT2D eigenvalue weighted by atomic mass is 16.7. The number of fused-ring (bicyclic) bond motifs is 2. The first-order valence-electron chi connectivity index (χ1n) is 18.2. The van der Waals surface area contributed by atoms with E-state index < -0.39 is 43.2 Å². The first kappa shape index (κ1) is 35.6. The molecule has 54 heavy (non-hydrogen) atoms. The smallest absolute Gasteiger partial charge is 0.326 e. The predicted octanol–water partition coefficient (Wildman–Crippen LogP) is 3.77. The molecule has 2 aromatic heterocycles. The van der Waals surface area contributed by atoms with Gasteiger partial charge in [-0.15, -0.1) is 0 Å². The van der Waals surface area contributed by atoms with Gasteiger partial charge in [-0.3, -0.25) is 14.3 Å². The van der Waals surface area contributed by atoms with Gasteiger partial charge >= 0.3 is 5.69 Å². The van der Waals surface area contributed by atoms with Crippen LogP contribution >= 0.6 is 0 Å². The molecule has 4 aromatic carbocycles. The number of carbonyl (C=O) groups is 1. The highest BCUT2D eigenvalue weighted by Gasteiger charge is 2.46. The van der Waals surface area contributed by atoms with E-state index in [0.29, 0.717) is 22.5 Å². The maximum atomic E-state index is 12.8. The van der Waals surface area contributed by atoms with E-state index >= 15 is 0 Å². The van der Waals surface area contributed by atoms with E-state index in [1.54, 1.807) is 18.2 Å². The van der Waals surface area contributed by atoms with E-state index in [1.807, 2.05) is 59.2 Å². The molecule has 2 aliphatic heterocycles. The molecule has 0 spiro atoms. The van der Waals surface area contributed by atoms with Crippen molar-refractivity contribution in [1.82, 2.24) is 29.7 Å². The normalized spacial score (nSPS) is 22.4. The molecule has 2 saturated heterocycles. The van der Waals surface area contributed by atoms with Crippen LogP contribution in [0.3, 0.4) is 0 Å². The molecular formula is C41H42N6O7. The molecule has 0 aliphatic carbocycles. The van der Waals surface area contributed by atoms with Crippen molar-refractivity contribution in [3.63, 3.8) is 0 Å². The van der Waals surface area contributed by atoms with E-state index in [9.17, 15) is 24.9 Å². The highest BCUT2D eigenvalue weighted by molar-refractivity contribution is 5.87. The number of amides is 1. The molecule has 2 fully saturated rings. The van der Waals surface area contributed by atoms with Crippen molar-refractivity contribution < 1.29 is 29.6 Å². The highest BCUT2D eigenvalue weighted by Crippen LogP contribution is 2.34. The fourth-order valence-electron chi connectivity index (χ4n) is 7.61. The van der Waals surface area contributed by atoms with Crippen molar-refractivity contribution in [2.45, 2.75) is 63.0 Å². The van der Waals surface area contributed by atoms with Crippen molar-refractivity contribution in [3.8, 4) is 28.3 Å². The number of aromatic nitrogens is 4. The van der Waals surface area contributed by atoms with Crippen LogP contribution in [0.5, 0.6) is 5.75 Å². The minimum atomic E-state index is -1.43. The maximum Gasteiger partial charge on any atom is 0.326 e. The Balaban J connectivity index is 1.03. The number of nitrogens with zero attached hydrogens (tertiary/aromatic N) is 4. The summed E-state index contributed by atoms with van der Waals surface area (Å²) in [6, 6.07) is 30.3. The lowest BCUT2D eigenvalue weighted by Gasteiger charge is -2.42. The number of hydrogen-bond donors (Lipinski definition) is 5. The molecule has 0 radical (unpaired) electrons. The lowest BCUT2D eigenvalue weighted by Crippen LogP contribution is -2.65. The van der Waals surface area contributed by atoms with Gasteiger partial charge in [0, 0.05) is 49.8 Å². The number of benzene rings is 4. The van der Waals surface area contributed by atoms with Crippen LogP contribution in [-0.2, 0) is 16.1 Å². The standard InChI is InChI=1S/C41H42N6O7/c1-24(49)42-37-39(51)38(50)34(23-48)54-40(37)53-29-15-16-30-32(21-29)44-36(35(43-30)26-7-3-2-4-8-26)27-13-11-25(12-14-27)22-46-19-17-28(18-20-46)47-33-10-6-5-9-31(33)45-41(47)52/h2-16,21,28,34,37-40,48,50-51H,17-20,22-23H2,1H3,(H,42,49)(H,45,52)/t34-,37+,38-,39-,40+/m1/s1. The lowest BCUT2D eigenvalue weighted by atomic mass is 9.97. The molecule has 13 nitrogen and oxygen atoms in total. The van der Waals surface area contributed by atoms with Crippen LogP contribution in [0.1, 0.15) is 31.4 Å². The van der Waals surface area contributed by atoms with Gasteiger partial charge in [0.05, 0.1) is 40.1 Å². The summed E-state index contributed by atoms with van der Waals surface area (Å²) in [5.41, 5.74) is 7.34. The molecular weight excluding hydrogens is 688 g/mol. The number of ether oxygens (including phenoxy) is 2. The van der Waals surface area contributed by atoms with Crippen molar-refractivity contribution in [2.75, 3.05) is 19.7 Å². The number of aromatic amines is 1. The zero-order valence-electron chi connectivity index (χ0n) is 29.7. The average molecular weight is 731 g/mol. The Hall–Kier alpha value is -5.44. The minimum absolute atomic E-state index is 0.0498. The number of nitrogens with one attached hydrogen (secondary N) is 2. The summed E-state index contributed by atoms with van der Waals surface area (Å²) in [5, 5.41) is 33.5. The molecule has 5 atom stereocenters. The summed E-state index contributed by atoms with van der Waals surface area (Å²) in [4.78, 5) is 40.2. The van der Waals surface area contributed by atoms with Crippen LogP contribution < -0.4 is 15.7 Å². The van der Waals surface area contributed by atoms with Crippen LogP contribution in [0.2, 0.25) is 0 Å². The Morgan fingerprint density at radius 3 is 2.30 bits per heavy atom. The second kappa shape index (κ2) is 15.1. The summed E-state index contributed by atoms with van der Waals surface area (Å²) in [5.74, 6) is -0.104. The molecule has 6 aromatic rings. The molecule has 5 N–H and O–H groups in total. The molecule has 4 heterocycles.